The van der Waals surface area contributed by atoms with E-state index in [0.717, 1.165) is 16.9 Å². The zero-order valence-electron chi connectivity index (χ0n) is 15.0. The van der Waals surface area contributed by atoms with E-state index in [1.165, 1.54) is 11.0 Å². The van der Waals surface area contributed by atoms with Crippen LogP contribution in [0, 0.1) is 12.7 Å². The van der Waals surface area contributed by atoms with E-state index in [2.05, 4.69) is 10.1 Å². The molecule has 27 heavy (non-hydrogen) atoms. The van der Waals surface area contributed by atoms with Crippen molar-refractivity contribution in [3.8, 4) is 17.1 Å². The van der Waals surface area contributed by atoms with Crippen LogP contribution in [0.15, 0.2) is 47.0 Å². The van der Waals surface area contributed by atoms with Gasteiger partial charge in [0.1, 0.15) is 11.6 Å². The molecule has 1 amide bonds. The van der Waals surface area contributed by atoms with Crippen molar-refractivity contribution in [3.05, 3.63) is 59.7 Å². The molecule has 1 saturated heterocycles. The highest BCUT2D eigenvalue weighted by molar-refractivity contribution is 5.96. The minimum absolute atomic E-state index is 0.160. The molecule has 0 radical (unpaired) electrons. The van der Waals surface area contributed by atoms with Gasteiger partial charge in [0.2, 0.25) is 17.6 Å². The normalized spacial score (nSPS) is 16.8. The van der Waals surface area contributed by atoms with Gasteiger partial charge in [-0.25, -0.2) is 4.39 Å². The first kappa shape index (κ1) is 17.2. The van der Waals surface area contributed by atoms with Crippen LogP contribution in [-0.2, 0) is 4.79 Å². The summed E-state index contributed by atoms with van der Waals surface area (Å²) >= 11 is 0. The number of nitrogens with zero attached hydrogens (tertiary/aromatic N) is 3. The molecule has 2 aromatic carbocycles. The van der Waals surface area contributed by atoms with Crippen LogP contribution in [0.3, 0.4) is 0 Å². The monoisotopic (exact) mass is 367 g/mol. The second-order valence-electron chi connectivity index (χ2n) is 6.54. The number of methoxy groups -OCH3 is 1. The second kappa shape index (κ2) is 6.83. The largest absolute Gasteiger partial charge is 0.497 e. The van der Waals surface area contributed by atoms with Crippen LogP contribution < -0.4 is 9.64 Å². The average molecular weight is 367 g/mol. The highest BCUT2D eigenvalue weighted by atomic mass is 19.1. The lowest BCUT2D eigenvalue weighted by Crippen LogP contribution is -2.25. The maximum absolute atomic E-state index is 14.2. The highest BCUT2D eigenvalue weighted by Gasteiger charge is 2.36. The number of ether oxygens (including phenoxy) is 1. The van der Waals surface area contributed by atoms with E-state index in [1.807, 2.05) is 24.3 Å². The van der Waals surface area contributed by atoms with Gasteiger partial charge in [0.25, 0.3) is 0 Å². The molecule has 0 spiro atoms. The number of aryl methyl sites for hydroxylation is 1. The molecule has 3 aromatic rings. The number of halogens is 1. The number of carbonyl (C=O) groups is 1. The summed E-state index contributed by atoms with van der Waals surface area (Å²) in [5.74, 6) is 0.724. The molecular formula is C20H18FN3O3. The van der Waals surface area contributed by atoms with Crippen molar-refractivity contribution in [2.45, 2.75) is 19.3 Å². The van der Waals surface area contributed by atoms with Crippen LogP contribution in [0.5, 0.6) is 5.75 Å². The van der Waals surface area contributed by atoms with Crippen LogP contribution in [0.25, 0.3) is 11.4 Å². The molecule has 6 nitrogen and oxygen atoms in total. The van der Waals surface area contributed by atoms with Gasteiger partial charge in [-0.15, -0.1) is 0 Å². The molecule has 7 heteroatoms. The molecule has 2 heterocycles. The minimum Gasteiger partial charge on any atom is -0.497 e. The summed E-state index contributed by atoms with van der Waals surface area (Å²) in [4.78, 5) is 18.3. The van der Waals surface area contributed by atoms with Crippen LogP contribution >= 0.6 is 0 Å². The Balaban J connectivity index is 1.54. The molecular weight excluding hydrogens is 349 g/mol. The molecule has 4 rings (SSSR count). The molecule has 0 bridgehead atoms. The number of anilines is 1. The fraction of sp³-hybridized carbons (Fsp3) is 0.250. The van der Waals surface area contributed by atoms with Gasteiger partial charge in [0.05, 0.1) is 18.7 Å². The lowest BCUT2D eigenvalue weighted by Gasteiger charge is -2.17. The molecule has 0 N–H and O–H groups in total. The average Bonchev–Trinajstić information content (AvgIpc) is 3.29. The number of benzene rings is 2. The van der Waals surface area contributed by atoms with Crippen molar-refractivity contribution in [3.63, 3.8) is 0 Å². The zero-order valence-corrected chi connectivity index (χ0v) is 15.0. The van der Waals surface area contributed by atoms with E-state index in [1.54, 1.807) is 26.2 Å². The third-order valence-electron chi connectivity index (χ3n) is 4.66. The highest BCUT2D eigenvalue weighted by Crippen LogP contribution is 2.33. The van der Waals surface area contributed by atoms with Crippen molar-refractivity contribution in [2.75, 3.05) is 18.6 Å². The summed E-state index contributed by atoms with van der Waals surface area (Å²) in [6.45, 7) is 2.11. The van der Waals surface area contributed by atoms with E-state index in [-0.39, 0.29) is 23.9 Å². The third-order valence-corrected chi connectivity index (χ3v) is 4.66. The first-order chi connectivity index (χ1) is 13.0. The maximum atomic E-state index is 14.2. The standard InChI is InChI=1S/C20H18FN3O3/c1-12-3-8-17(16(21)9-12)24-11-14(10-18(24)25)20-22-19(23-27-20)13-4-6-15(26-2)7-5-13/h3-9,14H,10-11H2,1-2H3. The molecule has 1 aromatic heterocycles. The van der Waals surface area contributed by atoms with E-state index >= 15 is 0 Å². The second-order valence-corrected chi connectivity index (χ2v) is 6.54. The van der Waals surface area contributed by atoms with Crippen molar-refractivity contribution in [2.24, 2.45) is 0 Å². The first-order valence-corrected chi connectivity index (χ1v) is 8.59. The molecule has 1 atom stereocenters. The topological polar surface area (TPSA) is 68.5 Å². The van der Waals surface area contributed by atoms with Crippen molar-refractivity contribution < 1.29 is 18.4 Å². The van der Waals surface area contributed by atoms with E-state index in [9.17, 15) is 9.18 Å². The van der Waals surface area contributed by atoms with Gasteiger partial charge in [-0.1, -0.05) is 11.2 Å². The smallest absolute Gasteiger partial charge is 0.232 e. The van der Waals surface area contributed by atoms with Crippen LogP contribution in [-0.4, -0.2) is 29.7 Å². The Labute approximate surface area is 155 Å². The van der Waals surface area contributed by atoms with Gasteiger partial charge in [0, 0.05) is 18.5 Å². The Bertz CT molecular complexity index is 984. The van der Waals surface area contributed by atoms with Gasteiger partial charge in [-0.2, -0.15) is 4.98 Å². The number of rotatable bonds is 4. The first-order valence-electron chi connectivity index (χ1n) is 8.59. The van der Waals surface area contributed by atoms with E-state index in [0.29, 0.717) is 18.3 Å². The number of hydrogen-bond donors (Lipinski definition) is 0. The Morgan fingerprint density at radius 3 is 2.70 bits per heavy atom. The lowest BCUT2D eigenvalue weighted by atomic mass is 10.1. The molecule has 1 unspecified atom stereocenters. The fourth-order valence-electron chi connectivity index (χ4n) is 3.20. The Kier molecular flexibility index (Phi) is 4.35. The molecule has 138 valence electrons. The number of aromatic nitrogens is 2. The van der Waals surface area contributed by atoms with Crippen molar-refractivity contribution in [1.82, 2.24) is 10.1 Å². The van der Waals surface area contributed by atoms with Gasteiger partial charge >= 0.3 is 0 Å². The summed E-state index contributed by atoms with van der Waals surface area (Å²) in [6.07, 6.45) is 0.206. The summed E-state index contributed by atoms with van der Waals surface area (Å²) in [5.41, 5.74) is 1.88. The SMILES string of the molecule is COc1ccc(-c2noc(C3CC(=O)N(c4ccc(C)cc4F)C3)n2)cc1. The maximum Gasteiger partial charge on any atom is 0.232 e. The van der Waals surface area contributed by atoms with Crippen LogP contribution in [0.2, 0.25) is 0 Å². The molecule has 1 aliphatic rings. The predicted octanol–water partition coefficient (Wildman–Crippen LogP) is 3.71. The third kappa shape index (κ3) is 3.28. The quantitative estimate of drug-likeness (QED) is 0.703. The Morgan fingerprint density at radius 1 is 1.22 bits per heavy atom. The van der Waals surface area contributed by atoms with Crippen molar-refractivity contribution in [1.29, 1.82) is 0 Å². The predicted molar refractivity (Wildman–Crippen MR) is 97.1 cm³/mol. The number of carbonyl (C=O) groups excluding carboxylic acids is 1. The molecule has 0 aliphatic carbocycles. The van der Waals surface area contributed by atoms with Crippen LogP contribution in [0.4, 0.5) is 10.1 Å². The molecule has 0 saturated carbocycles. The lowest BCUT2D eigenvalue weighted by molar-refractivity contribution is -0.117. The number of amides is 1. The fourth-order valence-corrected chi connectivity index (χ4v) is 3.20. The summed E-state index contributed by atoms with van der Waals surface area (Å²) < 4.78 is 24.7. The summed E-state index contributed by atoms with van der Waals surface area (Å²) in [6, 6.07) is 12.1. The van der Waals surface area contributed by atoms with Gasteiger partial charge in [-0.05, 0) is 48.9 Å². The van der Waals surface area contributed by atoms with Gasteiger partial charge in [0.15, 0.2) is 0 Å². The molecule has 1 fully saturated rings. The van der Waals surface area contributed by atoms with E-state index < -0.39 is 5.82 Å². The minimum atomic E-state index is -0.409. The Morgan fingerprint density at radius 2 is 2.00 bits per heavy atom. The summed E-state index contributed by atoms with van der Waals surface area (Å²) in [7, 11) is 1.60. The zero-order chi connectivity index (χ0) is 19.0. The number of hydrogen-bond acceptors (Lipinski definition) is 5. The van der Waals surface area contributed by atoms with Crippen molar-refractivity contribution >= 4 is 11.6 Å². The van der Waals surface area contributed by atoms with Gasteiger partial charge in [-0.3, -0.25) is 4.79 Å². The molecule has 1 aliphatic heterocycles. The summed E-state index contributed by atoms with van der Waals surface area (Å²) in [5, 5.41) is 4.01. The Hall–Kier alpha value is -3.22. The van der Waals surface area contributed by atoms with Crippen LogP contribution in [0.1, 0.15) is 23.8 Å². The van der Waals surface area contributed by atoms with E-state index in [4.69, 9.17) is 9.26 Å². The van der Waals surface area contributed by atoms with Gasteiger partial charge < -0.3 is 14.2 Å².